The molecule has 118 valence electrons. The van der Waals surface area contributed by atoms with Gasteiger partial charge < -0.3 is 15.2 Å². The van der Waals surface area contributed by atoms with Gasteiger partial charge in [0.05, 0.1) is 19.8 Å². The maximum Gasteiger partial charge on any atom is 0.125 e. The van der Waals surface area contributed by atoms with Crippen molar-refractivity contribution in [3.63, 3.8) is 0 Å². The number of hydrogen-bond donors (Lipinski definition) is 2. The van der Waals surface area contributed by atoms with Crippen molar-refractivity contribution in [2.75, 3.05) is 13.7 Å². The van der Waals surface area contributed by atoms with Crippen LogP contribution in [0.5, 0.6) is 5.75 Å². The minimum atomic E-state index is -0.175. The molecule has 0 saturated heterocycles. The summed E-state index contributed by atoms with van der Waals surface area (Å²) >= 11 is 0. The Labute approximate surface area is 131 Å². The Bertz CT molecular complexity index is 631. The molecule has 1 aromatic heterocycles. The summed E-state index contributed by atoms with van der Waals surface area (Å²) in [5.41, 5.74) is 2.97. The van der Waals surface area contributed by atoms with Gasteiger partial charge in [-0.3, -0.25) is 0 Å². The molecule has 1 heterocycles. The lowest BCUT2D eigenvalue weighted by molar-refractivity contribution is 0.235. The van der Waals surface area contributed by atoms with E-state index in [4.69, 9.17) is 4.74 Å². The van der Waals surface area contributed by atoms with Crippen molar-refractivity contribution in [1.82, 2.24) is 15.3 Å². The molecule has 2 N–H and O–H groups in total. The third-order valence-electron chi connectivity index (χ3n) is 3.73. The average molecular weight is 301 g/mol. The van der Waals surface area contributed by atoms with Gasteiger partial charge >= 0.3 is 0 Å². The summed E-state index contributed by atoms with van der Waals surface area (Å²) in [6.07, 6.45) is 1.84. The van der Waals surface area contributed by atoms with Crippen LogP contribution in [0.15, 0.2) is 30.5 Å². The summed E-state index contributed by atoms with van der Waals surface area (Å²) in [5, 5.41) is 13.1. The van der Waals surface area contributed by atoms with E-state index in [9.17, 15) is 5.11 Å². The van der Waals surface area contributed by atoms with Crippen LogP contribution >= 0.6 is 0 Å². The molecule has 2 atom stereocenters. The van der Waals surface area contributed by atoms with Gasteiger partial charge in [0.25, 0.3) is 0 Å². The Balaban J connectivity index is 2.18. The molecule has 5 heteroatoms. The van der Waals surface area contributed by atoms with Crippen LogP contribution in [0.3, 0.4) is 0 Å². The predicted molar refractivity (Wildman–Crippen MR) is 85.9 cm³/mol. The van der Waals surface area contributed by atoms with E-state index < -0.39 is 0 Å². The van der Waals surface area contributed by atoms with Crippen LogP contribution in [-0.4, -0.2) is 28.8 Å². The molecule has 0 bridgehead atoms. The van der Waals surface area contributed by atoms with Crippen LogP contribution < -0.4 is 10.1 Å². The Kier molecular flexibility index (Phi) is 5.46. The molecule has 2 rings (SSSR count). The second kappa shape index (κ2) is 7.33. The predicted octanol–water partition coefficient (Wildman–Crippen LogP) is 2.49. The monoisotopic (exact) mass is 301 g/mol. The van der Waals surface area contributed by atoms with Crippen LogP contribution in [0.4, 0.5) is 0 Å². The molecule has 0 aliphatic heterocycles. The van der Waals surface area contributed by atoms with E-state index in [1.165, 1.54) is 0 Å². The highest BCUT2D eigenvalue weighted by Crippen LogP contribution is 2.23. The highest BCUT2D eigenvalue weighted by molar-refractivity contribution is 5.31. The SMILES string of the molecule is COc1cccc(C(CO)NC(C)c2cnc(C)nc2C)c1. The maximum absolute atomic E-state index is 9.72. The van der Waals surface area contributed by atoms with Gasteiger partial charge in [0.2, 0.25) is 0 Å². The van der Waals surface area contributed by atoms with Crippen molar-refractivity contribution >= 4 is 0 Å². The van der Waals surface area contributed by atoms with Gasteiger partial charge in [-0.15, -0.1) is 0 Å². The Morgan fingerprint density at radius 1 is 1.32 bits per heavy atom. The summed E-state index contributed by atoms with van der Waals surface area (Å²) < 4.78 is 5.24. The van der Waals surface area contributed by atoms with Crippen LogP contribution in [-0.2, 0) is 0 Å². The van der Waals surface area contributed by atoms with Crippen LogP contribution in [0.1, 0.15) is 41.7 Å². The van der Waals surface area contributed by atoms with Crippen LogP contribution in [0, 0.1) is 13.8 Å². The lowest BCUT2D eigenvalue weighted by Gasteiger charge is -2.23. The molecule has 0 fully saturated rings. The number of rotatable bonds is 6. The van der Waals surface area contributed by atoms with E-state index in [1.807, 2.05) is 51.2 Å². The van der Waals surface area contributed by atoms with E-state index in [1.54, 1.807) is 7.11 Å². The Morgan fingerprint density at radius 2 is 2.09 bits per heavy atom. The highest BCUT2D eigenvalue weighted by atomic mass is 16.5. The van der Waals surface area contributed by atoms with E-state index in [2.05, 4.69) is 15.3 Å². The first kappa shape index (κ1) is 16.4. The number of methoxy groups -OCH3 is 1. The zero-order valence-electron chi connectivity index (χ0n) is 13.5. The van der Waals surface area contributed by atoms with Gasteiger partial charge in [-0.1, -0.05) is 12.1 Å². The number of hydrogen-bond acceptors (Lipinski definition) is 5. The molecule has 2 unspecified atom stereocenters. The number of aliphatic hydroxyl groups excluding tert-OH is 1. The smallest absolute Gasteiger partial charge is 0.125 e. The molecular weight excluding hydrogens is 278 g/mol. The first-order valence-electron chi connectivity index (χ1n) is 7.36. The summed E-state index contributed by atoms with van der Waals surface area (Å²) in [6, 6.07) is 7.57. The number of benzene rings is 1. The molecule has 22 heavy (non-hydrogen) atoms. The van der Waals surface area contributed by atoms with Crippen molar-refractivity contribution in [1.29, 1.82) is 0 Å². The van der Waals surface area contributed by atoms with Crippen molar-refractivity contribution < 1.29 is 9.84 Å². The Hall–Kier alpha value is -1.98. The molecule has 0 saturated carbocycles. The second-order valence-corrected chi connectivity index (χ2v) is 5.36. The quantitative estimate of drug-likeness (QED) is 0.858. The normalized spacial score (nSPS) is 13.7. The van der Waals surface area contributed by atoms with Gasteiger partial charge in [0.1, 0.15) is 11.6 Å². The average Bonchev–Trinajstić information content (AvgIpc) is 2.52. The summed E-state index contributed by atoms with van der Waals surface area (Å²) in [6.45, 7) is 5.90. The summed E-state index contributed by atoms with van der Waals surface area (Å²) in [5.74, 6) is 1.54. The lowest BCUT2D eigenvalue weighted by atomic mass is 10.0. The number of aromatic nitrogens is 2. The fourth-order valence-corrected chi connectivity index (χ4v) is 2.52. The molecule has 2 aromatic rings. The number of nitrogens with zero attached hydrogens (tertiary/aromatic N) is 2. The summed E-state index contributed by atoms with van der Waals surface area (Å²) in [7, 11) is 1.64. The lowest BCUT2D eigenvalue weighted by Crippen LogP contribution is -2.28. The third-order valence-corrected chi connectivity index (χ3v) is 3.73. The Morgan fingerprint density at radius 3 is 2.73 bits per heavy atom. The zero-order valence-corrected chi connectivity index (χ0v) is 13.5. The van der Waals surface area contributed by atoms with E-state index in [0.29, 0.717) is 0 Å². The fourth-order valence-electron chi connectivity index (χ4n) is 2.52. The van der Waals surface area contributed by atoms with Gasteiger partial charge in [-0.2, -0.15) is 0 Å². The molecule has 0 amide bonds. The minimum absolute atomic E-state index is 0.00325. The third kappa shape index (κ3) is 3.81. The fraction of sp³-hybridized carbons (Fsp3) is 0.412. The highest BCUT2D eigenvalue weighted by Gasteiger charge is 2.17. The van der Waals surface area contributed by atoms with Crippen molar-refractivity contribution in [3.05, 3.63) is 53.1 Å². The van der Waals surface area contributed by atoms with Crippen LogP contribution in [0.2, 0.25) is 0 Å². The van der Waals surface area contributed by atoms with Gasteiger partial charge in [0, 0.05) is 23.5 Å². The molecule has 0 radical (unpaired) electrons. The number of nitrogens with one attached hydrogen (secondary N) is 1. The maximum atomic E-state index is 9.72. The zero-order chi connectivity index (χ0) is 16.1. The molecule has 0 aliphatic rings. The largest absolute Gasteiger partial charge is 0.497 e. The van der Waals surface area contributed by atoms with E-state index in [0.717, 1.165) is 28.4 Å². The van der Waals surface area contributed by atoms with Gasteiger partial charge in [-0.25, -0.2) is 9.97 Å². The van der Waals surface area contributed by atoms with E-state index >= 15 is 0 Å². The molecule has 0 aliphatic carbocycles. The number of ether oxygens (including phenoxy) is 1. The standard InChI is InChI=1S/C17H23N3O2/c1-11-16(9-18-13(3)19-11)12(2)20-17(10-21)14-6-5-7-15(8-14)22-4/h5-9,12,17,20-21H,10H2,1-4H3. The van der Waals surface area contributed by atoms with Gasteiger partial charge in [0.15, 0.2) is 0 Å². The minimum Gasteiger partial charge on any atom is -0.497 e. The second-order valence-electron chi connectivity index (χ2n) is 5.36. The van der Waals surface area contributed by atoms with Gasteiger partial charge in [-0.05, 0) is 38.5 Å². The topological polar surface area (TPSA) is 67.3 Å². The first-order chi connectivity index (χ1) is 10.5. The van der Waals surface area contributed by atoms with Crippen molar-refractivity contribution in [2.45, 2.75) is 32.9 Å². The molecular formula is C17H23N3O2. The van der Waals surface area contributed by atoms with E-state index in [-0.39, 0.29) is 18.7 Å². The van der Waals surface area contributed by atoms with Crippen molar-refractivity contribution in [2.24, 2.45) is 0 Å². The number of aliphatic hydroxyl groups is 1. The van der Waals surface area contributed by atoms with Crippen LogP contribution in [0.25, 0.3) is 0 Å². The summed E-state index contributed by atoms with van der Waals surface area (Å²) in [4.78, 5) is 8.65. The molecule has 5 nitrogen and oxygen atoms in total. The van der Waals surface area contributed by atoms with Crippen molar-refractivity contribution in [3.8, 4) is 5.75 Å². The molecule has 1 aromatic carbocycles. The first-order valence-corrected chi connectivity index (χ1v) is 7.36. The molecule has 0 spiro atoms. The number of aryl methyl sites for hydroxylation is 2.